The van der Waals surface area contributed by atoms with Crippen LogP contribution in [-0.2, 0) is 6.54 Å². The fourth-order valence-electron chi connectivity index (χ4n) is 1.84. The van der Waals surface area contributed by atoms with Gasteiger partial charge in [-0.2, -0.15) is 0 Å². The molecule has 1 N–H and O–H groups in total. The molecule has 0 spiro atoms. The second-order valence-corrected chi connectivity index (χ2v) is 5.99. The first-order valence-electron chi connectivity index (χ1n) is 6.38. The molecule has 1 aromatic rings. The largest absolute Gasteiger partial charge is 0.369 e. The van der Waals surface area contributed by atoms with Crippen LogP contribution in [0.3, 0.4) is 0 Å². The van der Waals surface area contributed by atoms with Gasteiger partial charge in [-0.1, -0.05) is 35.8 Å². The topological polar surface area (TPSA) is 15.3 Å². The molecule has 0 atom stereocenters. The molecule has 0 radical (unpaired) electrons. The predicted molar refractivity (Wildman–Crippen MR) is 80.0 cm³/mol. The summed E-state index contributed by atoms with van der Waals surface area (Å²) >= 11 is 3.39. The van der Waals surface area contributed by atoms with Gasteiger partial charge in [0.05, 0.1) is 6.54 Å². The van der Waals surface area contributed by atoms with Crippen LogP contribution in [0.1, 0.15) is 19.4 Å². The van der Waals surface area contributed by atoms with Gasteiger partial charge in [-0.3, -0.25) is 0 Å². The molecule has 0 fully saturated rings. The van der Waals surface area contributed by atoms with Crippen LogP contribution in [0.15, 0.2) is 22.7 Å². The van der Waals surface area contributed by atoms with Crippen LogP contribution < -0.4 is 10.2 Å². The summed E-state index contributed by atoms with van der Waals surface area (Å²) in [6, 6.07) is 5.79. The Hall–Kier alpha value is -0.680. The van der Waals surface area contributed by atoms with Crippen LogP contribution in [0.25, 0.3) is 0 Å². The van der Waals surface area contributed by atoms with Crippen molar-refractivity contribution in [1.29, 1.82) is 0 Å². The van der Waals surface area contributed by atoms with E-state index in [4.69, 9.17) is 0 Å². The lowest BCUT2D eigenvalue weighted by atomic mass is 10.1. The van der Waals surface area contributed by atoms with Crippen molar-refractivity contribution in [2.45, 2.75) is 26.8 Å². The Kier molecular flexibility index (Phi) is 6.72. The minimum atomic E-state index is -2.33. The highest BCUT2D eigenvalue weighted by atomic mass is 79.9. The Bertz CT molecular complexity index is 397. The third-order valence-electron chi connectivity index (χ3n) is 2.74. The summed E-state index contributed by atoms with van der Waals surface area (Å²) in [6.45, 7) is 5.62. The van der Waals surface area contributed by atoms with Crippen molar-refractivity contribution >= 4 is 21.6 Å². The van der Waals surface area contributed by atoms with E-state index in [9.17, 15) is 8.78 Å². The molecule has 0 unspecified atom stereocenters. The van der Waals surface area contributed by atoms with Crippen molar-refractivity contribution in [1.82, 2.24) is 5.32 Å². The van der Waals surface area contributed by atoms with Crippen molar-refractivity contribution in [3.05, 3.63) is 28.2 Å². The SMILES string of the molecule is CC(C)CNCc1ccc(Br)cc1N(C)CC(F)F. The summed E-state index contributed by atoms with van der Waals surface area (Å²) in [7, 11) is 1.69. The highest BCUT2D eigenvalue weighted by molar-refractivity contribution is 9.10. The highest BCUT2D eigenvalue weighted by Gasteiger charge is 2.12. The van der Waals surface area contributed by atoms with Gasteiger partial charge in [0.2, 0.25) is 0 Å². The maximum absolute atomic E-state index is 12.5. The average Bonchev–Trinajstić information content (AvgIpc) is 2.29. The molecule has 0 saturated carbocycles. The molecule has 2 nitrogen and oxygen atoms in total. The monoisotopic (exact) mass is 334 g/mol. The first-order valence-corrected chi connectivity index (χ1v) is 7.18. The number of rotatable bonds is 7. The van der Waals surface area contributed by atoms with Crippen LogP contribution >= 0.6 is 15.9 Å². The summed E-state index contributed by atoms with van der Waals surface area (Å²) in [4.78, 5) is 1.60. The van der Waals surface area contributed by atoms with Crippen molar-refractivity contribution in [2.75, 3.05) is 25.0 Å². The predicted octanol–water partition coefficient (Wildman–Crippen LogP) is 3.90. The maximum atomic E-state index is 12.5. The van der Waals surface area contributed by atoms with Gasteiger partial charge in [0.1, 0.15) is 0 Å². The number of nitrogens with one attached hydrogen (secondary N) is 1. The van der Waals surface area contributed by atoms with Crippen molar-refractivity contribution in [3.63, 3.8) is 0 Å². The number of nitrogens with zero attached hydrogens (tertiary/aromatic N) is 1. The van der Waals surface area contributed by atoms with E-state index in [-0.39, 0.29) is 6.54 Å². The number of hydrogen-bond acceptors (Lipinski definition) is 2. The van der Waals surface area contributed by atoms with Gasteiger partial charge in [0, 0.05) is 23.8 Å². The van der Waals surface area contributed by atoms with E-state index in [1.165, 1.54) is 0 Å². The summed E-state index contributed by atoms with van der Waals surface area (Å²) in [6.07, 6.45) is -2.33. The van der Waals surface area contributed by atoms with E-state index in [2.05, 4.69) is 35.1 Å². The first-order chi connectivity index (χ1) is 8.90. The van der Waals surface area contributed by atoms with E-state index in [1.54, 1.807) is 11.9 Å². The van der Waals surface area contributed by atoms with E-state index in [0.29, 0.717) is 12.5 Å². The molecule has 0 aliphatic heterocycles. The van der Waals surface area contributed by atoms with Crippen LogP contribution in [0.5, 0.6) is 0 Å². The molecular weight excluding hydrogens is 314 g/mol. The van der Waals surface area contributed by atoms with Crippen LogP contribution in [0.4, 0.5) is 14.5 Å². The first kappa shape index (κ1) is 16.4. The zero-order chi connectivity index (χ0) is 14.4. The third kappa shape index (κ3) is 5.87. The average molecular weight is 335 g/mol. The number of alkyl halides is 2. The van der Waals surface area contributed by atoms with Gasteiger partial charge >= 0.3 is 0 Å². The molecule has 5 heteroatoms. The summed E-state index contributed by atoms with van der Waals surface area (Å²) in [5.74, 6) is 0.567. The molecule has 0 aliphatic carbocycles. The van der Waals surface area contributed by atoms with Crippen molar-refractivity contribution < 1.29 is 8.78 Å². The molecule has 0 saturated heterocycles. The summed E-state index contributed by atoms with van der Waals surface area (Å²) < 4.78 is 25.9. The molecule has 1 aromatic carbocycles. The molecule has 19 heavy (non-hydrogen) atoms. The normalized spacial score (nSPS) is 11.4. The third-order valence-corrected chi connectivity index (χ3v) is 3.23. The maximum Gasteiger partial charge on any atom is 0.255 e. The highest BCUT2D eigenvalue weighted by Crippen LogP contribution is 2.25. The molecule has 0 amide bonds. The minimum absolute atomic E-state index is 0.256. The summed E-state index contributed by atoms with van der Waals surface area (Å²) in [5.41, 5.74) is 1.87. The smallest absolute Gasteiger partial charge is 0.255 e. The van der Waals surface area contributed by atoms with Crippen LogP contribution in [-0.4, -0.2) is 26.6 Å². The lowest BCUT2D eigenvalue weighted by Gasteiger charge is -2.23. The summed E-state index contributed by atoms with van der Waals surface area (Å²) in [5, 5.41) is 3.34. The zero-order valence-electron chi connectivity index (χ0n) is 11.6. The Labute approximate surface area is 122 Å². The van der Waals surface area contributed by atoms with Gasteiger partial charge in [-0.25, -0.2) is 8.78 Å². The van der Waals surface area contributed by atoms with Crippen LogP contribution in [0.2, 0.25) is 0 Å². The van der Waals surface area contributed by atoms with E-state index < -0.39 is 6.43 Å². The van der Waals surface area contributed by atoms with Gasteiger partial charge < -0.3 is 10.2 Å². The fraction of sp³-hybridized carbons (Fsp3) is 0.571. The zero-order valence-corrected chi connectivity index (χ0v) is 13.2. The molecule has 0 aliphatic rings. The number of benzene rings is 1. The second-order valence-electron chi connectivity index (χ2n) is 5.07. The molecular formula is C14H21BrF2N2. The second kappa shape index (κ2) is 7.80. The molecule has 108 valence electrons. The Morgan fingerprint density at radius 2 is 2.00 bits per heavy atom. The van der Waals surface area contributed by atoms with Crippen molar-refractivity contribution in [2.24, 2.45) is 5.92 Å². The molecule has 0 heterocycles. The molecule has 1 rings (SSSR count). The number of hydrogen-bond donors (Lipinski definition) is 1. The minimum Gasteiger partial charge on any atom is -0.369 e. The van der Waals surface area contributed by atoms with Crippen molar-refractivity contribution in [3.8, 4) is 0 Å². The van der Waals surface area contributed by atoms with Gasteiger partial charge in [-0.15, -0.1) is 0 Å². The van der Waals surface area contributed by atoms with Crippen LogP contribution in [0, 0.1) is 5.92 Å². The number of halogens is 3. The molecule has 0 bridgehead atoms. The fourth-order valence-corrected chi connectivity index (χ4v) is 2.19. The Morgan fingerprint density at radius 3 is 2.58 bits per heavy atom. The van der Waals surface area contributed by atoms with E-state index in [0.717, 1.165) is 22.3 Å². The number of anilines is 1. The quantitative estimate of drug-likeness (QED) is 0.813. The lowest BCUT2D eigenvalue weighted by molar-refractivity contribution is 0.156. The molecule has 0 aromatic heterocycles. The Morgan fingerprint density at radius 1 is 1.32 bits per heavy atom. The Balaban J connectivity index is 2.79. The van der Waals surface area contributed by atoms with E-state index >= 15 is 0 Å². The van der Waals surface area contributed by atoms with E-state index in [1.807, 2.05) is 18.2 Å². The van der Waals surface area contributed by atoms with Gasteiger partial charge in [-0.05, 0) is 30.2 Å². The lowest BCUT2D eigenvalue weighted by Crippen LogP contribution is -2.26. The standard InChI is InChI=1S/C14H21BrF2N2/c1-10(2)7-18-8-11-4-5-12(15)6-13(11)19(3)9-14(16)17/h4-6,10,14,18H,7-9H2,1-3H3. The van der Waals surface area contributed by atoms with Gasteiger partial charge in [0.15, 0.2) is 0 Å². The van der Waals surface area contributed by atoms with Gasteiger partial charge in [0.25, 0.3) is 6.43 Å².